The predicted octanol–water partition coefficient (Wildman–Crippen LogP) is 2.58. The first-order valence-corrected chi connectivity index (χ1v) is 5.76. The van der Waals surface area contributed by atoms with Crippen LogP contribution in [0.1, 0.15) is 37.3 Å². The van der Waals surface area contributed by atoms with Crippen LogP contribution in [0.3, 0.4) is 0 Å². The molecule has 1 aromatic rings. The van der Waals surface area contributed by atoms with Crippen molar-refractivity contribution in [3.63, 3.8) is 0 Å². The van der Waals surface area contributed by atoms with Gasteiger partial charge < -0.3 is 5.11 Å². The van der Waals surface area contributed by atoms with E-state index in [0.29, 0.717) is 5.92 Å². The van der Waals surface area contributed by atoms with Gasteiger partial charge >= 0.3 is 0 Å². The van der Waals surface area contributed by atoms with E-state index in [1.807, 2.05) is 12.1 Å². The first-order chi connectivity index (χ1) is 7.64. The molecule has 2 atom stereocenters. The van der Waals surface area contributed by atoms with Crippen LogP contribution in [0, 0.1) is 17.2 Å². The van der Waals surface area contributed by atoms with Gasteiger partial charge in [0, 0.05) is 12.5 Å². The summed E-state index contributed by atoms with van der Waals surface area (Å²) in [6, 6.07) is 10.6. The monoisotopic (exact) mass is 215 g/mol. The minimum Gasteiger partial charge on any atom is -0.396 e. The van der Waals surface area contributed by atoms with Crippen molar-refractivity contribution in [1.29, 1.82) is 5.26 Å². The molecule has 0 heterocycles. The lowest BCUT2D eigenvalue weighted by Gasteiger charge is -2.11. The van der Waals surface area contributed by atoms with Crippen molar-refractivity contribution in [2.24, 2.45) is 5.92 Å². The Morgan fingerprint density at radius 1 is 1.44 bits per heavy atom. The molecule has 1 N–H and O–H groups in total. The Morgan fingerprint density at radius 2 is 2.06 bits per heavy atom. The quantitative estimate of drug-likeness (QED) is 0.842. The minimum atomic E-state index is -0.412. The van der Waals surface area contributed by atoms with E-state index in [2.05, 4.69) is 32.0 Å². The summed E-state index contributed by atoms with van der Waals surface area (Å²) in [5, 5.41) is 18.4. The van der Waals surface area contributed by atoms with E-state index in [4.69, 9.17) is 5.11 Å². The molecule has 2 unspecified atom stereocenters. The second kappa shape index (κ2) is 3.92. The molecule has 1 aliphatic rings. The van der Waals surface area contributed by atoms with Gasteiger partial charge in [-0.3, -0.25) is 0 Å². The fourth-order valence-corrected chi connectivity index (χ4v) is 2.27. The van der Waals surface area contributed by atoms with Crippen molar-refractivity contribution < 1.29 is 5.11 Å². The van der Waals surface area contributed by atoms with Crippen LogP contribution in [0.15, 0.2) is 24.3 Å². The molecular weight excluding hydrogens is 198 g/mol. The molecule has 1 aliphatic carbocycles. The van der Waals surface area contributed by atoms with Crippen LogP contribution >= 0.6 is 0 Å². The fraction of sp³-hybridized carbons (Fsp3) is 0.500. The predicted molar refractivity (Wildman–Crippen MR) is 63.0 cm³/mol. The van der Waals surface area contributed by atoms with E-state index in [0.717, 1.165) is 12.0 Å². The highest BCUT2D eigenvalue weighted by Crippen LogP contribution is 2.53. The molecule has 1 aromatic carbocycles. The van der Waals surface area contributed by atoms with Gasteiger partial charge in [-0.1, -0.05) is 38.1 Å². The van der Waals surface area contributed by atoms with Gasteiger partial charge in [0.1, 0.15) is 0 Å². The summed E-state index contributed by atoms with van der Waals surface area (Å²) in [7, 11) is 0. The molecule has 0 radical (unpaired) electrons. The van der Waals surface area contributed by atoms with Crippen LogP contribution in [0.4, 0.5) is 0 Å². The number of aliphatic hydroxyl groups excluding tert-OH is 1. The molecule has 0 saturated heterocycles. The average Bonchev–Trinajstić information content (AvgIpc) is 3.04. The smallest absolute Gasteiger partial charge is 0.0877 e. The van der Waals surface area contributed by atoms with Crippen LogP contribution in [0.25, 0.3) is 0 Å². The lowest BCUT2D eigenvalue weighted by molar-refractivity contribution is 0.269. The van der Waals surface area contributed by atoms with Crippen molar-refractivity contribution in [1.82, 2.24) is 0 Å². The maximum Gasteiger partial charge on any atom is 0.0877 e. The number of benzene rings is 1. The van der Waals surface area contributed by atoms with Gasteiger partial charge in [-0.15, -0.1) is 0 Å². The molecule has 0 aliphatic heterocycles. The van der Waals surface area contributed by atoms with Crippen LogP contribution in [-0.2, 0) is 5.41 Å². The summed E-state index contributed by atoms with van der Waals surface area (Å²) in [6.07, 6.45) is 0.793. The molecule has 84 valence electrons. The van der Waals surface area contributed by atoms with Crippen molar-refractivity contribution in [3.05, 3.63) is 35.4 Å². The Kier molecular flexibility index (Phi) is 2.73. The first kappa shape index (κ1) is 11.2. The molecule has 0 amide bonds. The van der Waals surface area contributed by atoms with E-state index in [-0.39, 0.29) is 12.5 Å². The standard InChI is InChI=1S/C14H17NO/c1-10(2)11-3-5-12(6-4-11)14(9-15)7-13(14)8-16/h3-6,10,13,16H,7-8H2,1-2H3. The number of aliphatic hydroxyl groups is 1. The first-order valence-electron chi connectivity index (χ1n) is 5.76. The summed E-state index contributed by atoms with van der Waals surface area (Å²) in [5.41, 5.74) is 1.93. The maximum atomic E-state index is 9.23. The molecule has 2 nitrogen and oxygen atoms in total. The number of hydrogen-bond donors (Lipinski definition) is 1. The maximum absolute atomic E-state index is 9.23. The van der Waals surface area contributed by atoms with Crippen LogP contribution in [0.2, 0.25) is 0 Å². The van der Waals surface area contributed by atoms with E-state index in [9.17, 15) is 5.26 Å². The number of hydrogen-bond acceptors (Lipinski definition) is 2. The summed E-state index contributed by atoms with van der Waals surface area (Å²) >= 11 is 0. The normalized spacial score (nSPS) is 27.8. The van der Waals surface area contributed by atoms with E-state index in [1.165, 1.54) is 5.56 Å². The highest BCUT2D eigenvalue weighted by Gasteiger charge is 2.55. The van der Waals surface area contributed by atoms with E-state index >= 15 is 0 Å². The lowest BCUT2D eigenvalue weighted by atomic mass is 9.92. The van der Waals surface area contributed by atoms with Gasteiger partial charge in [0.25, 0.3) is 0 Å². The Balaban J connectivity index is 2.26. The third-order valence-electron chi connectivity index (χ3n) is 3.62. The highest BCUT2D eigenvalue weighted by molar-refractivity contribution is 5.42. The lowest BCUT2D eigenvalue weighted by Crippen LogP contribution is -2.09. The Morgan fingerprint density at radius 3 is 2.44 bits per heavy atom. The molecule has 2 rings (SSSR count). The van der Waals surface area contributed by atoms with Gasteiger partial charge in [-0.2, -0.15) is 5.26 Å². The van der Waals surface area contributed by atoms with E-state index < -0.39 is 5.41 Å². The van der Waals surface area contributed by atoms with Gasteiger partial charge in [-0.25, -0.2) is 0 Å². The zero-order valence-corrected chi connectivity index (χ0v) is 9.77. The third kappa shape index (κ3) is 1.62. The SMILES string of the molecule is CC(C)c1ccc(C2(C#N)CC2CO)cc1. The molecule has 1 fully saturated rings. The molecule has 16 heavy (non-hydrogen) atoms. The van der Waals surface area contributed by atoms with Crippen LogP contribution in [0.5, 0.6) is 0 Å². The number of nitrogens with zero attached hydrogens (tertiary/aromatic N) is 1. The fourth-order valence-electron chi connectivity index (χ4n) is 2.27. The largest absolute Gasteiger partial charge is 0.396 e. The molecule has 0 spiro atoms. The molecule has 2 heteroatoms. The number of nitriles is 1. The molecule has 0 bridgehead atoms. The van der Waals surface area contributed by atoms with Gasteiger partial charge in [0.05, 0.1) is 11.5 Å². The summed E-state index contributed by atoms with van der Waals surface area (Å²) in [4.78, 5) is 0. The van der Waals surface area contributed by atoms with Gasteiger partial charge in [0.2, 0.25) is 0 Å². The summed E-state index contributed by atoms with van der Waals surface area (Å²) < 4.78 is 0. The Hall–Kier alpha value is -1.33. The zero-order chi connectivity index (χ0) is 11.8. The average molecular weight is 215 g/mol. The molecular formula is C14H17NO. The zero-order valence-electron chi connectivity index (χ0n) is 9.77. The van der Waals surface area contributed by atoms with Gasteiger partial charge in [0.15, 0.2) is 0 Å². The number of rotatable bonds is 3. The Labute approximate surface area is 96.5 Å². The highest BCUT2D eigenvalue weighted by atomic mass is 16.3. The summed E-state index contributed by atoms with van der Waals surface area (Å²) in [6.45, 7) is 4.42. The minimum absolute atomic E-state index is 0.111. The van der Waals surface area contributed by atoms with Crippen LogP contribution in [-0.4, -0.2) is 11.7 Å². The molecule has 0 aromatic heterocycles. The van der Waals surface area contributed by atoms with Crippen molar-refractivity contribution in [2.75, 3.05) is 6.61 Å². The second-order valence-corrected chi connectivity index (χ2v) is 4.94. The van der Waals surface area contributed by atoms with Crippen molar-refractivity contribution >= 4 is 0 Å². The summed E-state index contributed by atoms with van der Waals surface area (Å²) in [5.74, 6) is 0.641. The van der Waals surface area contributed by atoms with Crippen molar-refractivity contribution in [3.8, 4) is 6.07 Å². The van der Waals surface area contributed by atoms with Crippen LogP contribution < -0.4 is 0 Å². The third-order valence-corrected chi connectivity index (χ3v) is 3.62. The molecule has 1 saturated carbocycles. The Bertz CT molecular complexity index is 415. The van der Waals surface area contributed by atoms with Crippen molar-refractivity contribution in [2.45, 2.75) is 31.6 Å². The van der Waals surface area contributed by atoms with Gasteiger partial charge in [-0.05, 0) is 23.5 Å². The van der Waals surface area contributed by atoms with E-state index in [1.54, 1.807) is 0 Å². The second-order valence-electron chi connectivity index (χ2n) is 4.94. The topological polar surface area (TPSA) is 44.0 Å².